The highest BCUT2D eigenvalue weighted by Crippen LogP contribution is 2.23. The molecule has 11 heteroatoms. The minimum Gasteiger partial charge on any atom is -0.394 e. The Morgan fingerprint density at radius 3 is 1.68 bits per heavy atom. The van der Waals surface area contributed by atoms with Gasteiger partial charge in [0.2, 0.25) is 5.91 Å². The molecule has 1 rings (SSSR count). The number of hydrogen-bond acceptors (Lipinski definition) is 10. The van der Waals surface area contributed by atoms with E-state index >= 15 is 0 Å². The van der Waals surface area contributed by atoms with Crippen molar-refractivity contribution in [3.63, 3.8) is 0 Å². The van der Waals surface area contributed by atoms with Crippen molar-refractivity contribution in [1.82, 2.24) is 5.32 Å². The molecule has 1 fully saturated rings. The lowest BCUT2D eigenvalue weighted by atomic mass is 9.98. The smallest absolute Gasteiger partial charge is 0.249 e. The second kappa shape index (κ2) is 32.8. The Labute approximate surface area is 321 Å². The molecule has 9 atom stereocenters. The first kappa shape index (κ1) is 49.6. The van der Waals surface area contributed by atoms with Crippen LogP contribution in [0.5, 0.6) is 0 Å². The third-order valence-electron chi connectivity index (χ3n) is 10.2. The van der Waals surface area contributed by atoms with Crippen LogP contribution >= 0.6 is 0 Å². The molecule has 53 heavy (non-hydrogen) atoms. The summed E-state index contributed by atoms with van der Waals surface area (Å²) in [5.41, 5.74) is 0. The van der Waals surface area contributed by atoms with Gasteiger partial charge in [-0.1, -0.05) is 141 Å². The maximum atomic E-state index is 13.0. The van der Waals surface area contributed by atoms with Crippen molar-refractivity contribution in [1.29, 1.82) is 0 Å². The highest BCUT2D eigenvalue weighted by Gasteiger charge is 2.44. The zero-order valence-electron chi connectivity index (χ0n) is 33.2. The molecule has 1 aliphatic heterocycles. The first-order chi connectivity index (χ1) is 25.7. The molecule has 1 amide bonds. The highest BCUT2D eigenvalue weighted by atomic mass is 16.7. The second-order valence-corrected chi connectivity index (χ2v) is 15.1. The van der Waals surface area contributed by atoms with Gasteiger partial charge in [0.25, 0.3) is 0 Å². The van der Waals surface area contributed by atoms with Gasteiger partial charge < -0.3 is 50.5 Å². The van der Waals surface area contributed by atoms with Crippen molar-refractivity contribution >= 4 is 5.91 Å². The van der Waals surface area contributed by atoms with Crippen molar-refractivity contribution in [3.8, 4) is 0 Å². The number of allylic oxidation sites excluding steroid dienone is 4. The molecular weight excluding hydrogens is 678 g/mol. The fourth-order valence-corrected chi connectivity index (χ4v) is 6.63. The monoisotopic (exact) mass is 758 g/mol. The predicted octanol–water partition coefficient (Wildman–Crippen LogP) is 5.89. The fraction of sp³-hybridized carbons (Fsp3) is 0.881. The van der Waals surface area contributed by atoms with Crippen LogP contribution in [0.1, 0.15) is 168 Å². The summed E-state index contributed by atoms with van der Waals surface area (Å²) in [5, 5.41) is 75.3. The molecule has 8 N–H and O–H groups in total. The van der Waals surface area contributed by atoms with Gasteiger partial charge in [-0.05, 0) is 51.4 Å². The molecule has 11 nitrogen and oxygen atoms in total. The standard InChI is InChI=1S/C42H79NO10/c1-3-5-7-9-11-13-15-17-19-21-23-25-27-29-34(45)37(47)33(32-52-42-40(50)39(49)38(48)36(31-44)53-42)43-41(51)35(46)30-28-26-24-22-20-18-16-14-12-10-8-6-4-2/h13,15,21,23,33-40,42,44-50H,3-12,14,16-20,22,24-32H2,1-2H3,(H,43,51)/b15-13+,23-21+. The molecule has 9 unspecified atom stereocenters. The summed E-state index contributed by atoms with van der Waals surface area (Å²) in [6.45, 7) is 3.37. The molecule has 0 aliphatic carbocycles. The number of carbonyl (C=O) groups excluding carboxylic acids is 1. The number of ether oxygens (including phenoxy) is 2. The summed E-state index contributed by atoms with van der Waals surface area (Å²) in [7, 11) is 0. The summed E-state index contributed by atoms with van der Waals surface area (Å²) in [4.78, 5) is 13.0. The van der Waals surface area contributed by atoms with Crippen LogP contribution in [0.4, 0.5) is 0 Å². The Morgan fingerprint density at radius 2 is 1.13 bits per heavy atom. The van der Waals surface area contributed by atoms with Crippen LogP contribution in [0.25, 0.3) is 0 Å². The summed E-state index contributed by atoms with van der Waals surface area (Å²) in [6, 6.07) is -1.18. The van der Waals surface area contributed by atoms with Gasteiger partial charge in [0.1, 0.15) is 36.6 Å². The van der Waals surface area contributed by atoms with Crippen LogP contribution in [0.3, 0.4) is 0 Å². The number of nitrogens with one attached hydrogen (secondary N) is 1. The van der Waals surface area contributed by atoms with Gasteiger partial charge in [0, 0.05) is 0 Å². The minimum absolute atomic E-state index is 0.247. The van der Waals surface area contributed by atoms with E-state index in [1.807, 2.05) is 0 Å². The van der Waals surface area contributed by atoms with E-state index in [4.69, 9.17) is 9.47 Å². The van der Waals surface area contributed by atoms with Crippen molar-refractivity contribution in [2.45, 2.75) is 223 Å². The normalized spacial score (nSPS) is 23.1. The molecule has 0 radical (unpaired) electrons. The molecule has 0 aromatic heterocycles. The lowest BCUT2D eigenvalue weighted by molar-refractivity contribution is -0.303. The highest BCUT2D eigenvalue weighted by molar-refractivity contribution is 5.80. The van der Waals surface area contributed by atoms with Crippen LogP contribution in [0.2, 0.25) is 0 Å². The van der Waals surface area contributed by atoms with Crippen LogP contribution in [-0.4, -0.2) is 110 Å². The van der Waals surface area contributed by atoms with E-state index in [0.29, 0.717) is 19.3 Å². The Hall–Kier alpha value is -1.41. The van der Waals surface area contributed by atoms with Gasteiger partial charge in [-0.3, -0.25) is 4.79 Å². The van der Waals surface area contributed by atoms with E-state index in [9.17, 15) is 40.5 Å². The molecule has 0 saturated carbocycles. The zero-order chi connectivity index (χ0) is 39.1. The molecule has 0 aromatic carbocycles. The van der Waals surface area contributed by atoms with Crippen LogP contribution in [-0.2, 0) is 14.3 Å². The SMILES string of the molecule is CCCCCC/C=C/CC/C=C/CCCC(O)C(O)C(COC1OC(CO)C(O)C(O)C1O)NC(=O)C(O)CCCCCCCCCCCCCCC. The second-order valence-electron chi connectivity index (χ2n) is 15.1. The van der Waals surface area contributed by atoms with Gasteiger partial charge >= 0.3 is 0 Å². The summed E-state index contributed by atoms with van der Waals surface area (Å²) < 4.78 is 11.0. The van der Waals surface area contributed by atoms with Crippen molar-refractivity contribution in [2.75, 3.05) is 13.2 Å². The largest absolute Gasteiger partial charge is 0.394 e. The molecule has 0 bridgehead atoms. The van der Waals surface area contributed by atoms with Gasteiger partial charge in [-0.2, -0.15) is 0 Å². The zero-order valence-corrected chi connectivity index (χ0v) is 33.2. The maximum Gasteiger partial charge on any atom is 0.249 e. The summed E-state index contributed by atoms with van der Waals surface area (Å²) >= 11 is 0. The Kier molecular flexibility index (Phi) is 30.7. The lowest BCUT2D eigenvalue weighted by Crippen LogP contribution is -2.60. The molecule has 1 aliphatic rings. The van der Waals surface area contributed by atoms with Crippen molar-refractivity contribution < 1.29 is 50.0 Å². The quantitative estimate of drug-likeness (QED) is 0.0291. The Balaban J connectivity index is 2.55. The average Bonchev–Trinajstić information content (AvgIpc) is 3.16. The van der Waals surface area contributed by atoms with Crippen LogP contribution in [0.15, 0.2) is 24.3 Å². The first-order valence-electron chi connectivity index (χ1n) is 21.2. The van der Waals surface area contributed by atoms with Crippen molar-refractivity contribution in [3.05, 3.63) is 24.3 Å². The van der Waals surface area contributed by atoms with Gasteiger partial charge in [0.15, 0.2) is 6.29 Å². The third-order valence-corrected chi connectivity index (χ3v) is 10.2. The van der Waals surface area contributed by atoms with E-state index in [0.717, 1.165) is 38.5 Å². The number of rotatable bonds is 34. The Morgan fingerprint density at radius 1 is 0.642 bits per heavy atom. The molecule has 312 valence electrons. The van der Waals surface area contributed by atoms with Gasteiger partial charge in [0.05, 0.1) is 25.4 Å². The van der Waals surface area contributed by atoms with Crippen LogP contribution in [0, 0.1) is 0 Å². The van der Waals surface area contributed by atoms with E-state index in [2.05, 4.69) is 43.5 Å². The lowest BCUT2D eigenvalue weighted by Gasteiger charge is -2.40. The number of amides is 1. The Bertz CT molecular complexity index is 918. The van der Waals surface area contributed by atoms with E-state index < -0.39 is 74.2 Å². The summed E-state index contributed by atoms with van der Waals surface area (Å²) in [6.07, 6.45) is 22.3. The third kappa shape index (κ3) is 23.3. The fourth-order valence-electron chi connectivity index (χ4n) is 6.63. The number of carbonyl (C=O) groups is 1. The topological polar surface area (TPSA) is 189 Å². The molecule has 1 heterocycles. The minimum atomic E-state index is -1.67. The average molecular weight is 758 g/mol. The van der Waals surface area contributed by atoms with Crippen LogP contribution < -0.4 is 5.32 Å². The number of aliphatic hydroxyl groups excluding tert-OH is 7. The number of aliphatic hydroxyl groups is 7. The molecule has 0 spiro atoms. The molecule has 0 aromatic rings. The summed E-state index contributed by atoms with van der Waals surface area (Å²) in [5.74, 6) is -0.712. The predicted molar refractivity (Wildman–Crippen MR) is 210 cm³/mol. The van der Waals surface area contributed by atoms with E-state index in [-0.39, 0.29) is 12.8 Å². The first-order valence-corrected chi connectivity index (χ1v) is 21.2. The van der Waals surface area contributed by atoms with Gasteiger partial charge in [-0.15, -0.1) is 0 Å². The van der Waals surface area contributed by atoms with E-state index in [1.165, 1.54) is 83.5 Å². The molecule has 1 saturated heterocycles. The maximum absolute atomic E-state index is 13.0. The molecular formula is C42H79NO10. The van der Waals surface area contributed by atoms with Crippen molar-refractivity contribution in [2.24, 2.45) is 0 Å². The van der Waals surface area contributed by atoms with E-state index in [1.54, 1.807) is 0 Å². The number of unbranched alkanes of at least 4 members (excludes halogenated alkanes) is 18. The van der Waals surface area contributed by atoms with Gasteiger partial charge in [-0.25, -0.2) is 0 Å². The number of hydrogen-bond donors (Lipinski definition) is 8.